The van der Waals surface area contributed by atoms with Crippen LogP contribution in [0.1, 0.15) is 81.4 Å². The minimum Gasteiger partial charge on any atom is -0.444 e. The maximum absolute atomic E-state index is 15.5. The van der Waals surface area contributed by atoms with Crippen molar-refractivity contribution < 1.29 is 32.6 Å². The normalized spacial score (nSPS) is 15.8. The van der Waals surface area contributed by atoms with Crippen molar-refractivity contribution in [3.05, 3.63) is 76.4 Å². The molecule has 0 aromatic heterocycles. The molecule has 0 bridgehead atoms. The van der Waals surface area contributed by atoms with Crippen molar-refractivity contribution in [3.63, 3.8) is 0 Å². The van der Waals surface area contributed by atoms with Crippen LogP contribution in [0.4, 0.5) is 24.1 Å². The summed E-state index contributed by atoms with van der Waals surface area (Å²) < 4.78 is 41.4. The number of nitrogens with zero attached hydrogens (tertiary/aromatic N) is 2. The van der Waals surface area contributed by atoms with Gasteiger partial charge in [0.05, 0.1) is 0 Å². The lowest BCUT2D eigenvalue weighted by atomic mass is 9.96. The Balaban J connectivity index is 1.41. The zero-order valence-electron chi connectivity index (χ0n) is 26.5. The van der Waals surface area contributed by atoms with Gasteiger partial charge in [0.15, 0.2) is 0 Å². The maximum Gasteiger partial charge on any atom is 0.410 e. The van der Waals surface area contributed by atoms with E-state index in [1.54, 1.807) is 82.5 Å². The van der Waals surface area contributed by atoms with Crippen LogP contribution in [-0.2, 0) is 9.47 Å². The molecule has 4 rings (SSSR count). The zero-order chi connectivity index (χ0) is 32.4. The molecule has 3 amide bonds. The summed E-state index contributed by atoms with van der Waals surface area (Å²) in [6, 6.07) is 7.46. The molecule has 10 heteroatoms. The third kappa shape index (κ3) is 8.03. The molecule has 44 heavy (non-hydrogen) atoms. The Hall–Kier alpha value is -4.21. The third-order valence-corrected chi connectivity index (χ3v) is 7.28. The number of ether oxygens (including phenoxy) is 2. The summed E-state index contributed by atoms with van der Waals surface area (Å²) in [4.78, 5) is 40.8. The van der Waals surface area contributed by atoms with E-state index in [2.05, 4.69) is 5.32 Å². The van der Waals surface area contributed by atoms with Crippen LogP contribution in [0.25, 0.3) is 11.1 Å². The van der Waals surface area contributed by atoms with Crippen molar-refractivity contribution in [2.45, 2.75) is 72.5 Å². The van der Waals surface area contributed by atoms with Crippen LogP contribution in [0.5, 0.6) is 0 Å². The van der Waals surface area contributed by atoms with E-state index in [1.807, 2.05) is 6.08 Å². The molecule has 2 heterocycles. The Morgan fingerprint density at radius 3 is 1.73 bits per heavy atom. The van der Waals surface area contributed by atoms with Crippen LogP contribution < -0.4 is 5.32 Å². The van der Waals surface area contributed by atoms with Crippen LogP contribution in [0, 0.1) is 18.6 Å². The molecule has 236 valence electrons. The number of carbonyl (C=O) groups excluding carboxylic acids is 3. The number of rotatable bonds is 4. The molecule has 2 aliphatic heterocycles. The Bertz CT molecular complexity index is 1520. The molecule has 8 nitrogen and oxygen atoms in total. The number of benzene rings is 2. The fraction of sp³-hybridized carbons (Fsp3) is 0.441. The van der Waals surface area contributed by atoms with E-state index in [0.717, 1.165) is 17.2 Å². The van der Waals surface area contributed by atoms with Crippen LogP contribution in [0.2, 0.25) is 0 Å². The predicted molar refractivity (Wildman–Crippen MR) is 166 cm³/mol. The number of anilines is 1. The van der Waals surface area contributed by atoms with Crippen molar-refractivity contribution in [2.24, 2.45) is 0 Å². The van der Waals surface area contributed by atoms with Crippen LogP contribution >= 0.6 is 0 Å². The van der Waals surface area contributed by atoms with Gasteiger partial charge in [-0.2, -0.15) is 0 Å². The van der Waals surface area contributed by atoms with Gasteiger partial charge < -0.3 is 24.6 Å². The lowest BCUT2D eigenvalue weighted by Crippen LogP contribution is -2.39. The first-order chi connectivity index (χ1) is 20.5. The summed E-state index contributed by atoms with van der Waals surface area (Å²) in [5, 5.41) is 2.70. The molecule has 2 aromatic rings. The smallest absolute Gasteiger partial charge is 0.410 e. The van der Waals surface area contributed by atoms with E-state index in [1.165, 1.54) is 6.07 Å². The molecule has 2 aliphatic rings. The highest BCUT2D eigenvalue weighted by molar-refractivity contribution is 6.05. The monoisotopic (exact) mass is 609 g/mol. The standard InChI is InChI=1S/C34H41F2N3O5/c1-21-28(11-10-26(29(21)36)23-14-18-39(19-15-23)32(42)44-34(5,6)7)37-30(40)24-8-9-25(27(35)20-24)22-12-16-38(17-13-22)31(41)43-33(2,3)4/h8-12,14,20H,13,15-19H2,1-7H3,(H,37,40). The molecule has 0 saturated carbocycles. The molecule has 0 aliphatic carbocycles. The van der Waals surface area contributed by atoms with Crippen LogP contribution in [0.15, 0.2) is 42.5 Å². The first-order valence-electron chi connectivity index (χ1n) is 14.8. The fourth-order valence-corrected chi connectivity index (χ4v) is 4.99. The number of halogens is 2. The van der Waals surface area contributed by atoms with Gasteiger partial charge in [-0.3, -0.25) is 4.79 Å². The van der Waals surface area contributed by atoms with Gasteiger partial charge in [0, 0.05) is 54.1 Å². The summed E-state index contributed by atoms with van der Waals surface area (Å²) in [5.74, 6) is -1.59. The number of amides is 3. The Morgan fingerprint density at radius 2 is 1.27 bits per heavy atom. The first kappa shape index (κ1) is 32.7. The van der Waals surface area contributed by atoms with Crippen molar-refractivity contribution >= 4 is 34.9 Å². The zero-order valence-corrected chi connectivity index (χ0v) is 26.5. The van der Waals surface area contributed by atoms with Gasteiger partial charge in [-0.1, -0.05) is 18.2 Å². The van der Waals surface area contributed by atoms with E-state index in [9.17, 15) is 14.4 Å². The quantitative estimate of drug-likeness (QED) is 0.386. The molecular formula is C34H41F2N3O5. The Morgan fingerprint density at radius 1 is 0.773 bits per heavy atom. The number of hydrogen-bond acceptors (Lipinski definition) is 5. The van der Waals surface area contributed by atoms with Crippen molar-refractivity contribution in [1.82, 2.24) is 9.80 Å². The lowest BCUT2D eigenvalue weighted by molar-refractivity contribution is 0.0260. The highest BCUT2D eigenvalue weighted by Gasteiger charge is 2.27. The first-order valence-corrected chi connectivity index (χ1v) is 14.8. The second-order valence-corrected chi connectivity index (χ2v) is 13.1. The van der Waals surface area contributed by atoms with Gasteiger partial charge in [-0.15, -0.1) is 0 Å². The van der Waals surface area contributed by atoms with Gasteiger partial charge in [0.25, 0.3) is 5.91 Å². The number of carbonyl (C=O) groups is 3. The summed E-state index contributed by atoms with van der Waals surface area (Å²) in [7, 11) is 0. The highest BCUT2D eigenvalue weighted by Crippen LogP contribution is 2.31. The molecule has 1 N–H and O–H groups in total. The summed E-state index contributed by atoms with van der Waals surface area (Å²) in [6.45, 7) is 13.8. The van der Waals surface area contributed by atoms with E-state index < -0.39 is 40.9 Å². The minimum absolute atomic E-state index is 0.0964. The van der Waals surface area contributed by atoms with Gasteiger partial charge >= 0.3 is 12.2 Å². The molecule has 0 spiro atoms. The Labute approximate surface area is 257 Å². The van der Waals surface area contributed by atoms with Gasteiger partial charge in [-0.25, -0.2) is 18.4 Å². The molecule has 0 unspecified atom stereocenters. The summed E-state index contributed by atoms with van der Waals surface area (Å²) in [5.41, 5.74) is 1.72. The third-order valence-electron chi connectivity index (χ3n) is 7.28. The number of hydrogen-bond donors (Lipinski definition) is 1. The fourth-order valence-electron chi connectivity index (χ4n) is 4.99. The van der Waals surface area contributed by atoms with E-state index in [-0.39, 0.29) is 16.8 Å². The average molecular weight is 610 g/mol. The van der Waals surface area contributed by atoms with Crippen molar-refractivity contribution in [2.75, 3.05) is 31.5 Å². The Kier molecular flexibility index (Phi) is 9.51. The summed E-state index contributed by atoms with van der Waals surface area (Å²) >= 11 is 0. The average Bonchev–Trinajstić information content (AvgIpc) is 2.94. The largest absolute Gasteiger partial charge is 0.444 e. The van der Waals surface area contributed by atoms with Crippen LogP contribution in [-0.4, -0.2) is 65.3 Å². The predicted octanol–water partition coefficient (Wildman–Crippen LogP) is 7.57. The lowest BCUT2D eigenvalue weighted by Gasteiger charge is -2.30. The molecular weight excluding hydrogens is 568 g/mol. The van der Waals surface area contributed by atoms with E-state index in [0.29, 0.717) is 50.1 Å². The second kappa shape index (κ2) is 12.8. The highest BCUT2D eigenvalue weighted by atomic mass is 19.1. The van der Waals surface area contributed by atoms with Crippen molar-refractivity contribution in [1.29, 1.82) is 0 Å². The van der Waals surface area contributed by atoms with Gasteiger partial charge in [0.1, 0.15) is 22.8 Å². The summed E-state index contributed by atoms with van der Waals surface area (Å²) in [6.07, 6.45) is 3.68. The molecule has 0 saturated heterocycles. The maximum atomic E-state index is 15.5. The number of nitrogens with one attached hydrogen (secondary N) is 1. The topological polar surface area (TPSA) is 88.2 Å². The van der Waals surface area contributed by atoms with Gasteiger partial charge in [0.2, 0.25) is 0 Å². The van der Waals surface area contributed by atoms with Crippen LogP contribution in [0.3, 0.4) is 0 Å². The SMILES string of the molecule is Cc1c(NC(=O)c2ccc(C3=CCN(C(=O)OC(C)(C)C)CC3)c(F)c2)ccc(C2=CCN(C(=O)OC(C)(C)C)CC2)c1F. The van der Waals surface area contributed by atoms with E-state index >= 15 is 8.78 Å². The molecule has 0 fully saturated rings. The second-order valence-electron chi connectivity index (χ2n) is 13.1. The van der Waals surface area contributed by atoms with Gasteiger partial charge in [-0.05, 0) is 96.7 Å². The minimum atomic E-state index is -0.601. The van der Waals surface area contributed by atoms with Crippen molar-refractivity contribution in [3.8, 4) is 0 Å². The molecule has 2 aromatic carbocycles. The molecule has 0 atom stereocenters. The molecule has 0 radical (unpaired) electrons. The van der Waals surface area contributed by atoms with E-state index in [4.69, 9.17) is 9.47 Å².